The molecule has 0 aliphatic heterocycles. The van der Waals surface area contributed by atoms with Crippen molar-refractivity contribution >= 4 is 5.91 Å². The van der Waals surface area contributed by atoms with Crippen molar-refractivity contribution in [1.29, 1.82) is 0 Å². The lowest BCUT2D eigenvalue weighted by Gasteiger charge is -2.17. The van der Waals surface area contributed by atoms with Gasteiger partial charge in [-0.15, -0.1) is 0 Å². The van der Waals surface area contributed by atoms with Crippen LogP contribution in [0.15, 0.2) is 18.2 Å². The number of rotatable bonds is 5. The Hall–Kier alpha value is -1.62. The predicted octanol–water partition coefficient (Wildman–Crippen LogP) is 1.85. The van der Waals surface area contributed by atoms with Gasteiger partial charge >= 0.3 is 0 Å². The van der Waals surface area contributed by atoms with Crippen LogP contribution in [-0.2, 0) is 4.79 Å². The third kappa shape index (κ3) is 3.44. The maximum absolute atomic E-state index is 13.7. The topological polar surface area (TPSA) is 55.6 Å². The van der Waals surface area contributed by atoms with Crippen molar-refractivity contribution in [3.63, 3.8) is 0 Å². The first-order valence-electron chi connectivity index (χ1n) is 6.42. The Morgan fingerprint density at radius 1 is 1.58 bits per heavy atom. The van der Waals surface area contributed by atoms with Gasteiger partial charge in [0.15, 0.2) is 18.2 Å². The molecule has 1 fully saturated rings. The second kappa shape index (κ2) is 5.57. The number of carbonyl (C=O) groups excluding carboxylic acids is 1. The Morgan fingerprint density at radius 2 is 2.26 bits per heavy atom. The van der Waals surface area contributed by atoms with Gasteiger partial charge in [0.2, 0.25) is 0 Å². The van der Waals surface area contributed by atoms with E-state index in [1.165, 1.54) is 12.1 Å². The summed E-state index contributed by atoms with van der Waals surface area (Å²) in [5, 5.41) is 0. The molecule has 1 aliphatic carbocycles. The van der Waals surface area contributed by atoms with Crippen LogP contribution >= 0.6 is 0 Å². The van der Waals surface area contributed by atoms with Crippen LogP contribution in [0.1, 0.15) is 31.4 Å². The molecule has 0 radical (unpaired) electrons. The molecule has 1 aromatic rings. The Balaban J connectivity index is 1.93. The zero-order valence-electron chi connectivity index (χ0n) is 11.2. The van der Waals surface area contributed by atoms with E-state index in [-0.39, 0.29) is 24.3 Å². The van der Waals surface area contributed by atoms with Gasteiger partial charge in [0.1, 0.15) is 0 Å². The first kappa shape index (κ1) is 13.8. The van der Waals surface area contributed by atoms with E-state index in [1.807, 2.05) is 0 Å². The number of nitrogens with two attached hydrogens (primary N) is 1. The lowest BCUT2D eigenvalue weighted by atomic mass is 10.1. The molecule has 0 unspecified atom stereocenters. The molecule has 1 saturated carbocycles. The minimum Gasteiger partial charge on any atom is -0.481 e. The molecule has 2 rings (SSSR count). The van der Waals surface area contributed by atoms with Crippen LogP contribution in [-0.4, -0.2) is 30.5 Å². The number of carbonyl (C=O) groups is 1. The molecule has 104 valence electrons. The van der Waals surface area contributed by atoms with Crippen molar-refractivity contribution in [2.75, 3.05) is 13.7 Å². The highest BCUT2D eigenvalue weighted by Crippen LogP contribution is 2.26. The van der Waals surface area contributed by atoms with Gasteiger partial charge in [-0.25, -0.2) is 4.39 Å². The van der Waals surface area contributed by atoms with Crippen LogP contribution in [0.25, 0.3) is 0 Å². The van der Waals surface area contributed by atoms with E-state index in [9.17, 15) is 9.18 Å². The number of ether oxygens (including phenoxy) is 1. The largest absolute Gasteiger partial charge is 0.481 e. The van der Waals surface area contributed by atoms with Gasteiger partial charge in [-0.05, 0) is 37.5 Å². The third-order valence-electron chi connectivity index (χ3n) is 3.32. The first-order valence-corrected chi connectivity index (χ1v) is 6.42. The molecule has 0 spiro atoms. The normalized spacial score (nSPS) is 16.0. The molecule has 4 nitrogen and oxygen atoms in total. The minimum atomic E-state index is -0.489. The second-order valence-electron chi connectivity index (χ2n) is 5.00. The van der Waals surface area contributed by atoms with E-state index in [0.717, 1.165) is 12.8 Å². The van der Waals surface area contributed by atoms with Crippen molar-refractivity contribution < 1.29 is 13.9 Å². The Labute approximate surface area is 112 Å². The van der Waals surface area contributed by atoms with E-state index in [2.05, 4.69) is 0 Å². The van der Waals surface area contributed by atoms with Crippen LogP contribution in [0.4, 0.5) is 4.39 Å². The van der Waals surface area contributed by atoms with Crippen molar-refractivity contribution in [2.45, 2.75) is 31.8 Å². The molecular weight excluding hydrogens is 247 g/mol. The number of amides is 1. The molecule has 1 aromatic carbocycles. The van der Waals surface area contributed by atoms with Crippen LogP contribution < -0.4 is 10.5 Å². The number of likely N-dealkylation sites (N-methyl/N-ethyl adjacent to an activating group) is 1. The van der Waals surface area contributed by atoms with Crippen LogP contribution in [0.5, 0.6) is 5.75 Å². The summed E-state index contributed by atoms with van der Waals surface area (Å²) in [5.41, 5.74) is 6.37. The second-order valence-corrected chi connectivity index (χ2v) is 5.00. The quantitative estimate of drug-likeness (QED) is 0.884. The van der Waals surface area contributed by atoms with Gasteiger partial charge in [0.25, 0.3) is 5.91 Å². The van der Waals surface area contributed by atoms with E-state index in [0.29, 0.717) is 11.6 Å². The summed E-state index contributed by atoms with van der Waals surface area (Å²) in [6.07, 6.45) is 2.08. The van der Waals surface area contributed by atoms with Crippen molar-refractivity contribution in [3.05, 3.63) is 29.6 Å². The first-order chi connectivity index (χ1) is 8.99. The van der Waals surface area contributed by atoms with Gasteiger partial charge in [-0.2, -0.15) is 0 Å². The monoisotopic (exact) mass is 266 g/mol. The number of nitrogens with zero attached hydrogens (tertiary/aromatic N) is 1. The van der Waals surface area contributed by atoms with E-state index >= 15 is 0 Å². The number of benzene rings is 1. The Morgan fingerprint density at radius 3 is 2.79 bits per heavy atom. The molecule has 0 saturated heterocycles. The lowest BCUT2D eigenvalue weighted by Crippen LogP contribution is -2.33. The summed E-state index contributed by atoms with van der Waals surface area (Å²) in [6, 6.07) is 4.67. The SMILES string of the molecule is C[C@H](N)c1ccc(OCC(=O)N(C)C2CC2)c(F)c1. The minimum absolute atomic E-state index is 0.0851. The zero-order chi connectivity index (χ0) is 14.0. The lowest BCUT2D eigenvalue weighted by molar-refractivity contribution is -0.132. The highest BCUT2D eigenvalue weighted by atomic mass is 19.1. The van der Waals surface area contributed by atoms with Gasteiger partial charge in [-0.1, -0.05) is 6.07 Å². The predicted molar refractivity (Wildman–Crippen MR) is 70.3 cm³/mol. The number of halogens is 1. The smallest absolute Gasteiger partial charge is 0.260 e. The Kier molecular flexibility index (Phi) is 4.04. The number of hydrogen-bond donors (Lipinski definition) is 1. The number of hydrogen-bond acceptors (Lipinski definition) is 3. The summed E-state index contributed by atoms with van der Waals surface area (Å²) < 4.78 is 19.0. The zero-order valence-corrected chi connectivity index (χ0v) is 11.2. The highest BCUT2D eigenvalue weighted by molar-refractivity contribution is 5.78. The fourth-order valence-electron chi connectivity index (χ4n) is 1.82. The van der Waals surface area contributed by atoms with Crippen LogP contribution in [0.3, 0.4) is 0 Å². The van der Waals surface area contributed by atoms with Crippen molar-refractivity contribution in [2.24, 2.45) is 5.73 Å². The molecule has 19 heavy (non-hydrogen) atoms. The molecule has 5 heteroatoms. The average molecular weight is 266 g/mol. The van der Waals surface area contributed by atoms with Gasteiger partial charge in [-0.3, -0.25) is 4.79 Å². The molecular formula is C14H19FN2O2. The standard InChI is InChI=1S/C14H19FN2O2/c1-9(16)10-3-6-13(12(15)7-10)19-8-14(18)17(2)11-4-5-11/h3,6-7,9,11H,4-5,8,16H2,1-2H3/t9-/m0/s1. The molecule has 1 atom stereocenters. The summed E-state index contributed by atoms with van der Waals surface area (Å²) >= 11 is 0. The van der Waals surface area contributed by atoms with Gasteiger partial charge in [0, 0.05) is 19.1 Å². The van der Waals surface area contributed by atoms with Crippen molar-refractivity contribution in [1.82, 2.24) is 4.90 Å². The summed E-state index contributed by atoms with van der Waals surface area (Å²) in [6.45, 7) is 1.64. The molecule has 1 aliphatic rings. The molecule has 2 N–H and O–H groups in total. The molecule has 0 aromatic heterocycles. The summed E-state index contributed by atoms with van der Waals surface area (Å²) in [5.74, 6) is -0.531. The molecule has 0 heterocycles. The van der Waals surface area contributed by atoms with E-state index in [1.54, 1.807) is 24.9 Å². The third-order valence-corrected chi connectivity index (χ3v) is 3.32. The average Bonchev–Trinajstić information content (AvgIpc) is 3.20. The van der Waals surface area contributed by atoms with E-state index < -0.39 is 5.82 Å². The Bertz CT molecular complexity index is 473. The van der Waals surface area contributed by atoms with Crippen LogP contribution in [0.2, 0.25) is 0 Å². The summed E-state index contributed by atoms with van der Waals surface area (Å²) in [7, 11) is 1.75. The van der Waals surface area contributed by atoms with Crippen molar-refractivity contribution in [3.8, 4) is 5.75 Å². The van der Waals surface area contributed by atoms with E-state index in [4.69, 9.17) is 10.5 Å². The van der Waals surface area contributed by atoms with Gasteiger partial charge in [0.05, 0.1) is 0 Å². The summed E-state index contributed by atoms with van der Waals surface area (Å²) in [4.78, 5) is 13.4. The molecule has 1 amide bonds. The fourth-order valence-corrected chi connectivity index (χ4v) is 1.82. The van der Waals surface area contributed by atoms with Gasteiger partial charge < -0.3 is 15.4 Å². The maximum Gasteiger partial charge on any atom is 0.260 e. The molecule has 0 bridgehead atoms. The highest BCUT2D eigenvalue weighted by Gasteiger charge is 2.29. The van der Waals surface area contributed by atoms with Crippen LogP contribution in [0, 0.1) is 5.82 Å². The fraction of sp³-hybridized carbons (Fsp3) is 0.500. The maximum atomic E-state index is 13.7.